The van der Waals surface area contributed by atoms with Gasteiger partial charge in [0.05, 0.1) is 6.10 Å². The molecule has 9 atom stereocenters. The number of nitrogens with one attached hydrogen (secondary N) is 2. The van der Waals surface area contributed by atoms with Crippen molar-refractivity contribution in [1.29, 1.82) is 0 Å². The van der Waals surface area contributed by atoms with Gasteiger partial charge in [-0.3, -0.25) is 4.55 Å². The molecule has 0 spiro atoms. The van der Waals surface area contributed by atoms with Crippen LogP contribution in [0.25, 0.3) is 0 Å². The van der Waals surface area contributed by atoms with Crippen molar-refractivity contribution in [2.45, 2.75) is 150 Å². The Morgan fingerprint density at radius 2 is 1.58 bits per heavy atom. The van der Waals surface area contributed by atoms with E-state index in [1.165, 1.54) is 70.6 Å². The molecular weight excluding hydrogens is 558 g/mol. The van der Waals surface area contributed by atoms with E-state index in [1.54, 1.807) is 0 Å². The molecule has 43 heavy (non-hydrogen) atoms. The molecule has 4 rings (SSSR count). The van der Waals surface area contributed by atoms with Crippen molar-refractivity contribution in [2.75, 3.05) is 26.2 Å². The van der Waals surface area contributed by atoms with Gasteiger partial charge in [0.1, 0.15) is 0 Å². The lowest BCUT2D eigenvalue weighted by atomic mass is 9.44. The molecule has 0 radical (unpaired) electrons. The average Bonchev–Trinajstić information content (AvgIpc) is 3.30. The monoisotopic (exact) mass is 628 g/mol. The summed E-state index contributed by atoms with van der Waals surface area (Å²) in [7, 11) is -4.40. The van der Waals surface area contributed by atoms with Crippen molar-refractivity contribution in [3.8, 4) is 0 Å². The van der Waals surface area contributed by atoms with Gasteiger partial charge in [-0.05, 0) is 162 Å². The van der Waals surface area contributed by atoms with Gasteiger partial charge in [0, 0.05) is 6.04 Å². The fourth-order valence-corrected chi connectivity index (χ4v) is 10.9. The average molecular weight is 628 g/mol. The fourth-order valence-electron chi connectivity index (χ4n) is 10.3. The van der Waals surface area contributed by atoms with E-state index in [4.69, 9.17) is 9.92 Å². The smallest absolute Gasteiger partial charge is 0.330 e. The zero-order valence-electron chi connectivity index (χ0n) is 28.7. The lowest BCUT2D eigenvalue weighted by molar-refractivity contribution is -0.115. The predicted octanol–water partition coefficient (Wildman–Crippen LogP) is 7.36. The molecule has 0 aromatic heterocycles. The highest BCUT2D eigenvalue weighted by atomic mass is 32.3. The zero-order valence-corrected chi connectivity index (χ0v) is 29.5. The van der Waals surface area contributed by atoms with Gasteiger partial charge >= 0.3 is 10.4 Å². The summed E-state index contributed by atoms with van der Waals surface area (Å²) in [6.45, 7) is 17.3. The second kappa shape index (κ2) is 17.1. The van der Waals surface area contributed by atoms with Crippen LogP contribution in [-0.4, -0.2) is 51.3 Å². The summed E-state index contributed by atoms with van der Waals surface area (Å²) < 4.78 is 36.8. The quantitative estimate of drug-likeness (QED) is 0.104. The van der Waals surface area contributed by atoms with Crippen LogP contribution in [-0.2, 0) is 14.6 Å². The first kappa shape index (κ1) is 37.2. The largest absolute Gasteiger partial charge is 0.397 e. The molecule has 7 nitrogen and oxygen atoms in total. The first-order valence-corrected chi connectivity index (χ1v) is 19.6. The summed E-state index contributed by atoms with van der Waals surface area (Å²) in [6.07, 6.45) is 18.3. The van der Waals surface area contributed by atoms with Crippen molar-refractivity contribution in [2.24, 2.45) is 52.1 Å². The molecule has 0 saturated heterocycles. The number of nitrogens with two attached hydrogens (primary N) is 1. The van der Waals surface area contributed by atoms with E-state index in [1.807, 2.05) is 27.7 Å². The van der Waals surface area contributed by atoms with Crippen LogP contribution in [0.4, 0.5) is 0 Å². The Morgan fingerprint density at radius 3 is 2.28 bits per heavy atom. The summed E-state index contributed by atoms with van der Waals surface area (Å²) >= 11 is 0. The molecule has 0 bridgehead atoms. The first-order chi connectivity index (χ1) is 20.5. The van der Waals surface area contributed by atoms with Crippen LogP contribution < -0.4 is 16.4 Å². The van der Waals surface area contributed by atoms with Crippen LogP contribution in [0.2, 0.25) is 0 Å². The van der Waals surface area contributed by atoms with Crippen molar-refractivity contribution in [3.05, 3.63) is 0 Å². The van der Waals surface area contributed by atoms with Crippen LogP contribution in [0.1, 0.15) is 138 Å². The minimum atomic E-state index is -4.40. The molecule has 9 unspecified atom stereocenters. The van der Waals surface area contributed by atoms with Crippen LogP contribution in [0, 0.1) is 46.3 Å². The SMILES string of the molecule is CC.CC(C)C(CCCC1CCC2C3CCC4CC(NCCCNCCCCN)CCC4(C)C3CCC12C)OS(=O)(=O)O. The molecule has 0 aromatic rings. The Morgan fingerprint density at radius 1 is 0.884 bits per heavy atom. The normalized spacial score (nSPS) is 36.3. The van der Waals surface area contributed by atoms with E-state index in [0.717, 1.165) is 75.0 Å². The third kappa shape index (κ3) is 9.63. The van der Waals surface area contributed by atoms with Crippen molar-refractivity contribution < 1.29 is 17.2 Å². The third-order valence-electron chi connectivity index (χ3n) is 12.7. The number of hydrogen-bond donors (Lipinski definition) is 4. The van der Waals surface area contributed by atoms with E-state index >= 15 is 0 Å². The van der Waals surface area contributed by atoms with E-state index in [2.05, 4.69) is 24.5 Å². The van der Waals surface area contributed by atoms with Gasteiger partial charge in [0.25, 0.3) is 0 Å². The molecule has 0 aromatic carbocycles. The Balaban J connectivity index is 0.00000248. The Hall–Kier alpha value is -0.250. The molecule has 5 N–H and O–H groups in total. The van der Waals surface area contributed by atoms with E-state index in [-0.39, 0.29) is 5.92 Å². The van der Waals surface area contributed by atoms with Gasteiger partial charge in [-0.2, -0.15) is 8.42 Å². The zero-order chi connectivity index (χ0) is 31.7. The highest BCUT2D eigenvalue weighted by molar-refractivity contribution is 7.80. The first-order valence-electron chi connectivity index (χ1n) is 18.3. The summed E-state index contributed by atoms with van der Waals surface area (Å²) in [4.78, 5) is 0. The molecule has 4 aliphatic rings. The molecule has 0 aliphatic heterocycles. The molecule has 4 saturated carbocycles. The maximum Gasteiger partial charge on any atom is 0.397 e. The molecular formula is C35H69N3O4S. The number of hydrogen-bond acceptors (Lipinski definition) is 6. The molecule has 0 amide bonds. The van der Waals surface area contributed by atoms with Crippen molar-refractivity contribution >= 4 is 10.4 Å². The number of unbranched alkanes of at least 4 members (excludes halogenated alkanes) is 1. The van der Waals surface area contributed by atoms with Gasteiger partial charge in [0.15, 0.2) is 0 Å². The summed E-state index contributed by atoms with van der Waals surface area (Å²) in [5.41, 5.74) is 6.53. The van der Waals surface area contributed by atoms with E-state index in [9.17, 15) is 13.0 Å². The predicted molar refractivity (Wildman–Crippen MR) is 179 cm³/mol. The minimum absolute atomic E-state index is 0.0640. The highest BCUT2D eigenvalue weighted by Gasteiger charge is 2.59. The van der Waals surface area contributed by atoms with Crippen molar-refractivity contribution in [1.82, 2.24) is 10.6 Å². The molecule has 0 heterocycles. The minimum Gasteiger partial charge on any atom is -0.330 e. The van der Waals surface area contributed by atoms with Crippen molar-refractivity contribution in [3.63, 3.8) is 0 Å². The van der Waals surface area contributed by atoms with Gasteiger partial charge in [-0.15, -0.1) is 0 Å². The Kier molecular flexibility index (Phi) is 14.8. The third-order valence-corrected chi connectivity index (χ3v) is 13.2. The van der Waals surface area contributed by atoms with Gasteiger partial charge in [-0.25, -0.2) is 4.18 Å². The van der Waals surface area contributed by atoms with Gasteiger partial charge < -0.3 is 16.4 Å². The van der Waals surface area contributed by atoms with E-state index in [0.29, 0.717) is 23.3 Å². The molecule has 4 fully saturated rings. The lowest BCUT2D eigenvalue weighted by Gasteiger charge is -2.61. The standard InChI is InChI=1S/C33H63N3O4S.C2H6/c1-24(2)31(40-41(37,38)39)10-7-9-25-12-14-29-28-13-11-26-23-27(36-22-8-21-35-20-6-5-19-34)15-17-33(26,4)30(28)16-18-32(25,29)3;1-2/h24-31,35-36H,5-23,34H2,1-4H3,(H,37,38,39);1-2H3. The lowest BCUT2D eigenvalue weighted by Crippen LogP contribution is -2.55. The highest BCUT2D eigenvalue weighted by Crippen LogP contribution is 2.67. The topological polar surface area (TPSA) is 114 Å². The molecule has 8 heteroatoms. The fraction of sp³-hybridized carbons (Fsp3) is 1.00. The second-order valence-corrected chi connectivity index (χ2v) is 16.3. The summed E-state index contributed by atoms with van der Waals surface area (Å²) in [5, 5.41) is 7.49. The summed E-state index contributed by atoms with van der Waals surface area (Å²) in [5.74, 6) is 4.31. The van der Waals surface area contributed by atoms with Gasteiger partial charge in [0.2, 0.25) is 0 Å². The second-order valence-electron chi connectivity index (χ2n) is 15.2. The van der Waals surface area contributed by atoms with Crippen LogP contribution in [0.15, 0.2) is 0 Å². The van der Waals surface area contributed by atoms with E-state index < -0.39 is 16.5 Å². The van der Waals surface area contributed by atoms with Crippen LogP contribution >= 0.6 is 0 Å². The van der Waals surface area contributed by atoms with Crippen LogP contribution in [0.5, 0.6) is 0 Å². The van der Waals surface area contributed by atoms with Crippen LogP contribution in [0.3, 0.4) is 0 Å². The van der Waals surface area contributed by atoms with Gasteiger partial charge in [-0.1, -0.05) is 48.0 Å². The maximum absolute atomic E-state index is 11.3. The summed E-state index contributed by atoms with van der Waals surface area (Å²) in [6, 6.07) is 0.700. The molecule has 4 aliphatic carbocycles. The number of fused-ring (bicyclic) bond motifs is 5. The maximum atomic E-state index is 11.3. The molecule has 254 valence electrons. The Labute approximate surface area is 266 Å². The number of rotatable bonds is 16. The Bertz CT molecular complexity index is 917.